The molecule has 3 rings (SSSR count). The number of carbonyl (C=O) groups excluding carboxylic acids is 2. The standard InChI is InChI=1S/C13H21NO4/c1-12(2,3)18-11(16)14-7-13(4)6-8(14)9(13)10(15)17-5/h8-9H,6-7H2,1-5H3. The maximum absolute atomic E-state index is 12.0. The minimum Gasteiger partial charge on any atom is -0.469 e. The Morgan fingerprint density at radius 3 is 2.44 bits per heavy atom. The van der Waals surface area contributed by atoms with Crippen molar-refractivity contribution in [3.8, 4) is 0 Å². The van der Waals surface area contributed by atoms with E-state index in [1.807, 2.05) is 27.7 Å². The number of esters is 1. The van der Waals surface area contributed by atoms with E-state index in [1.165, 1.54) is 7.11 Å². The van der Waals surface area contributed by atoms with Crippen LogP contribution in [-0.4, -0.2) is 42.3 Å². The molecule has 3 aliphatic rings. The molecule has 5 heteroatoms. The molecule has 2 bridgehead atoms. The van der Waals surface area contributed by atoms with Crippen molar-refractivity contribution in [3.05, 3.63) is 0 Å². The highest BCUT2D eigenvalue weighted by molar-refractivity contribution is 5.79. The van der Waals surface area contributed by atoms with Gasteiger partial charge in [0.05, 0.1) is 13.0 Å². The fraction of sp³-hybridized carbons (Fsp3) is 0.846. The Hall–Kier alpha value is -1.26. The summed E-state index contributed by atoms with van der Waals surface area (Å²) in [6.45, 7) is 8.11. The van der Waals surface area contributed by atoms with E-state index in [9.17, 15) is 9.59 Å². The van der Waals surface area contributed by atoms with Gasteiger partial charge in [0, 0.05) is 18.0 Å². The molecule has 5 nitrogen and oxygen atoms in total. The van der Waals surface area contributed by atoms with E-state index in [-0.39, 0.29) is 29.4 Å². The SMILES string of the molecule is COC(=O)C1C2CC1(C)CN2C(=O)OC(C)(C)C. The summed E-state index contributed by atoms with van der Waals surface area (Å²) in [4.78, 5) is 25.4. The maximum Gasteiger partial charge on any atom is 0.410 e. The van der Waals surface area contributed by atoms with Gasteiger partial charge in [-0.05, 0) is 27.2 Å². The van der Waals surface area contributed by atoms with Gasteiger partial charge in [0.25, 0.3) is 0 Å². The highest BCUT2D eigenvalue weighted by Crippen LogP contribution is 2.56. The summed E-state index contributed by atoms with van der Waals surface area (Å²) in [6, 6.07) is -0.0581. The largest absolute Gasteiger partial charge is 0.469 e. The summed E-state index contributed by atoms with van der Waals surface area (Å²) in [5.41, 5.74) is -0.652. The van der Waals surface area contributed by atoms with Gasteiger partial charge < -0.3 is 14.4 Å². The molecule has 1 amide bonds. The van der Waals surface area contributed by atoms with Crippen LogP contribution < -0.4 is 0 Å². The molecule has 1 aliphatic carbocycles. The van der Waals surface area contributed by atoms with Gasteiger partial charge in [-0.15, -0.1) is 0 Å². The van der Waals surface area contributed by atoms with Crippen molar-refractivity contribution in [1.82, 2.24) is 4.90 Å². The van der Waals surface area contributed by atoms with Gasteiger partial charge in [0.15, 0.2) is 0 Å². The third-order valence-corrected chi connectivity index (χ3v) is 3.83. The molecule has 3 unspecified atom stereocenters. The summed E-state index contributed by atoms with van der Waals surface area (Å²) in [5, 5.41) is 0. The maximum atomic E-state index is 12.0. The quantitative estimate of drug-likeness (QED) is 0.670. The molecule has 0 spiro atoms. The van der Waals surface area contributed by atoms with Gasteiger partial charge in [-0.1, -0.05) is 6.92 Å². The Morgan fingerprint density at radius 2 is 1.94 bits per heavy atom. The molecule has 0 aromatic heterocycles. The third kappa shape index (κ3) is 1.95. The topological polar surface area (TPSA) is 55.8 Å². The number of carbonyl (C=O) groups is 2. The smallest absolute Gasteiger partial charge is 0.410 e. The Labute approximate surface area is 107 Å². The normalized spacial score (nSPS) is 33.9. The van der Waals surface area contributed by atoms with Crippen LogP contribution in [0.3, 0.4) is 0 Å². The number of ether oxygens (including phenoxy) is 2. The first-order valence-corrected chi connectivity index (χ1v) is 6.25. The number of hydrogen-bond acceptors (Lipinski definition) is 4. The molecule has 102 valence electrons. The number of methoxy groups -OCH3 is 1. The van der Waals surface area contributed by atoms with Crippen LogP contribution in [0, 0.1) is 11.3 Å². The van der Waals surface area contributed by atoms with Gasteiger partial charge in [0.1, 0.15) is 5.60 Å². The predicted molar refractivity (Wildman–Crippen MR) is 65.0 cm³/mol. The zero-order valence-corrected chi connectivity index (χ0v) is 11.6. The first-order valence-electron chi connectivity index (χ1n) is 6.25. The second kappa shape index (κ2) is 3.87. The lowest BCUT2D eigenvalue weighted by atomic mass is 9.62. The second-order valence-corrected chi connectivity index (χ2v) is 6.53. The average molecular weight is 255 g/mol. The molecule has 3 fully saturated rings. The molecular weight excluding hydrogens is 234 g/mol. The highest BCUT2D eigenvalue weighted by Gasteiger charge is 2.65. The molecule has 2 saturated heterocycles. The van der Waals surface area contributed by atoms with Crippen molar-refractivity contribution in [2.24, 2.45) is 11.3 Å². The van der Waals surface area contributed by atoms with Crippen LogP contribution in [0.5, 0.6) is 0 Å². The highest BCUT2D eigenvalue weighted by atomic mass is 16.6. The van der Waals surface area contributed by atoms with E-state index in [0.717, 1.165) is 6.42 Å². The molecule has 2 aliphatic heterocycles. The number of fused-ring (bicyclic) bond motifs is 1. The zero-order chi connectivity index (χ0) is 13.7. The molecule has 3 atom stereocenters. The van der Waals surface area contributed by atoms with E-state index in [2.05, 4.69) is 0 Å². The molecule has 2 heterocycles. The Morgan fingerprint density at radius 1 is 1.33 bits per heavy atom. The summed E-state index contributed by atoms with van der Waals surface area (Å²) in [5.74, 6) is -0.421. The van der Waals surface area contributed by atoms with Crippen molar-refractivity contribution in [3.63, 3.8) is 0 Å². The van der Waals surface area contributed by atoms with E-state index in [1.54, 1.807) is 4.90 Å². The van der Waals surface area contributed by atoms with Gasteiger partial charge in [-0.25, -0.2) is 4.79 Å². The van der Waals surface area contributed by atoms with Crippen LogP contribution in [0.2, 0.25) is 0 Å². The minimum atomic E-state index is -0.508. The van der Waals surface area contributed by atoms with E-state index in [0.29, 0.717) is 6.54 Å². The van der Waals surface area contributed by atoms with Crippen LogP contribution in [0.1, 0.15) is 34.1 Å². The Balaban J connectivity index is 2.07. The van der Waals surface area contributed by atoms with Crippen LogP contribution in [-0.2, 0) is 14.3 Å². The van der Waals surface area contributed by atoms with Gasteiger partial charge >= 0.3 is 12.1 Å². The van der Waals surface area contributed by atoms with Crippen molar-refractivity contribution < 1.29 is 19.1 Å². The number of amides is 1. The van der Waals surface area contributed by atoms with Crippen LogP contribution in [0.15, 0.2) is 0 Å². The molecule has 18 heavy (non-hydrogen) atoms. The van der Waals surface area contributed by atoms with Crippen molar-refractivity contribution in [1.29, 1.82) is 0 Å². The van der Waals surface area contributed by atoms with E-state index < -0.39 is 5.60 Å². The van der Waals surface area contributed by atoms with Crippen LogP contribution in [0.25, 0.3) is 0 Å². The monoisotopic (exact) mass is 255 g/mol. The molecule has 1 saturated carbocycles. The second-order valence-electron chi connectivity index (χ2n) is 6.53. The number of hydrogen-bond donors (Lipinski definition) is 0. The fourth-order valence-electron chi connectivity index (χ4n) is 3.08. The van der Waals surface area contributed by atoms with Gasteiger partial charge in [-0.3, -0.25) is 4.79 Å². The number of rotatable bonds is 1. The third-order valence-electron chi connectivity index (χ3n) is 3.83. The minimum absolute atomic E-state index is 0.0581. The summed E-state index contributed by atoms with van der Waals surface area (Å²) < 4.78 is 10.2. The van der Waals surface area contributed by atoms with Crippen molar-refractivity contribution >= 4 is 12.1 Å². The molecule has 0 aromatic carbocycles. The number of nitrogens with zero attached hydrogens (tertiary/aromatic N) is 1. The van der Waals surface area contributed by atoms with Crippen molar-refractivity contribution in [2.75, 3.05) is 13.7 Å². The molecule has 0 N–H and O–H groups in total. The molecule has 0 aromatic rings. The van der Waals surface area contributed by atoms with Gasteiger partial charge in [-0.2, -0.15) is 0 Å². The lowest BCUT2D eigenvalue weighted by molar-refractivity contribution is -0.155. The average Bonchev–Trinajstić information content (AvgIpc) is 2.67. The summed E-state index contributed by atoms with van der Waals surface area (Å²) in [7, 11) is 1.39. The van der Waals surface area contributed by atoms with Crippen LogP contribution in [0.4, 0.5) is 4.79 Å². The first kappa shape index (κ1) is 13.2. The molecular formula is C13H21NO4. The first-order chi connectivity index (χ1) is 8.18. The summed E-state index contributed by atoms with van der Waals surface area (Å²) >= 11 is 0. The van der Waals surface area contributed by atoms with E-state index in [4.69, 9.17) is 9.47 Å². The summed E-state index contributed by atoms with van der Waals surface area (Å²) in [6.07, 6.45) is 0.522. The Bertz CT molecular complexity index is 387. The van der Waals surface area contributed by atoms with Crippen LogP contribution >= 0.6 is 0 Å². The fourth-order valence-corrected chi connectivity index (χ4v) is 3.08. The zero-order valence-electron chi connectivity index (χ0n) is 11.6. The lowest BCUT2D eigenvalue weighted by Gasteiger charge is -2.41. The van der Waals surface area contributed by atoms with E-state index >= 15 is 0 Å². The van der Waals surface area contributed by atoms with Crippen molar-refractivity contribution in [2.45, 2.75) is 45.8 Å². The predicted octanol–water partition coefficient (Wildman–Crippen LogP) is 1.80. The molecule has 0 radical (unpaired) electrons. The van der Waals surface area contributed by atoms with Gasteiger partial charge in [0.2, 0.25) is 0 Å². The lowest BCUT2D eigenvalue weighted by Crippen LogP contribution is -2.50. The Kier molecular flexibility index (Phi) is 2.83.